The van der Waals surface area contributed by atoms with Gasteiger partial charge in [0.1, 0.15) is 24.0 Å². The molecule has 0 aromatic carbocycles. The maximum Gasteiger partial charge on any atom is 0.150 e. The van der Waals surface area contributed by atoms with E-state index in [-0.39, 0.29) is 0 Å². The Balaban J connectivity index is 2.55. The van der Waals surface area contributed by atoms with Crippen LogP contribution in [-0.2, 0) is 0 Å². The number of hydrogen-bond donors (Lipinski definition) is 3. The fourth-order valence-corrected chi connectivity index (χ4v) is 0.902. The quantitative estimate of drug-likeness (QED) is 0.451. The second-order valence-corrected chi connectivity index (χ2v) is 2.00. The zero-order valence-electron chi connectivity index (χ0n) is 5.26. The molecular formula is C5H7N5. The summed E-state index contributed by atoms with van der Waals surface area (Å²) in [5.41, 5.74) is 6.23. The van der Waals surface area contributed by atoms with Gasteiger partial charge in [0.15, 0.2) is 0 Å². The molecule has 0 saturated heterocycles. The lowest BCUT2D eigenvalue weighted by Crippen LogP contribution is -2.22. The molecule has 1 aliphatic rings. The van der Waals surface area contributed by atoms with Crippen molar-refractivity contribution >= 4 is 11.7 Å². The number of rotatable bonds is 0. The molecule has 0 saturated carbocycles. The molecule has 52 valence electrons. The van der Waals surface area contributed by atoms with Crippen LogP contribution in [0, 0.1) is 0 Å². The molecular weight excluding hydrogens is 130 g/mol. The largest absolute Gasteiger partial charge is 0.382 e. The summed E-state index contributed by atoms with van der Waals surface area (Å²) in [6, 6.07) is 0. The predicted molar refractivity (Wildman–Crippen MR) is 37.8 cm³/mol. The number of aliphatic imine (C=N–C) groups is 1. The fourth-order valence-electron chi connectivity index (χ4n) is 0.902. The molecule has 0 aliphatic carbocycles. The van der Waals surface area contributed by atoms with E-state index in [4.69, 9.17) is 5.73 Å². The van der Waals surface area contributed by atoms with Crippen molar-refractivity contribution in [3.8, 4) is 0 Å². The number of nitrogens with two attached hydrogens (primary N) is 1. The summed E-state index contributed by atoms with van der Waals surface area (Å²) in [5.74, 6) is 1.35. The minimum Gasteiger partial charge on any atom is -0.382 e. The van der Waals surface area contributed by atoms with Gasteiger partial charge in [-0.2, -0.15) is 0 Å². The number of nitrogens with one attached hydrogen (secondary N) is 2. The number of nitrogens with zero attached hydrogens (tertiary/aromatic N) is 2. The maximum absolute atomic E-state index is 5.52. The molecule has 0 spiro atoms. The second kappa shape index (κ2) is 1.73. The van der Waals surface area contributed by atoms with Crippen LogP contribution in [0.5, 0.6) is 0 Å². The van der Waals surface area contributed by atoms with Crippen molar-refractivity contribution in [3.05, 3.63) is 12.0 Å². The van der Waals surface area contributed by atoms with Crippen LogP contribution in [-0.4, -0.2) is 22.5 Å². The first-order valence-electron chi connectivity index (χ1n) is 2.95. The average Bonchev–Trinajstić information content (AvgIpc) is 2.36. The van der Waals surface area contributed by atoms with Gasteiger partial charge in [-0.25, -0.2) is 9.98 Å². The van der Waals surface area contributed by atoms with Gasteiger partial charge in [-0.05, 0) is 0 Å². The van der Waals surface area contributed by atoms with Crippen LogP contribution in [0.25, 0.3) is 0 Å². The van der Waals surface area contributed by atoms with Crippen molar-refractivity contribution in [3.63, 3.8) is 0 Å². The molecule has 4 N–H and O–H groups in total. The summed E-state index contributed by atoms with van der Waals surface area (Å²) in [6.45, 7) is 0.529. The topological polar surface area (TPSA) is 79.1 Å². The van der Waals surface area contributed by atoms with E-state index in [1.807, 2.05) is 0 Å². The van der Waals surface area contributed by atoms with Gasteiger partial charge in [-0.15, -0.1) is 0 Å². The Morgan fingerprint density at radius 1 is 1.60 bits per heavy atom. The Bertz CT molecular complexity index is 273. The van der Waals surface area contributed by atoms with Crippen LogP contribution in [0.2, 0.25) is 0 Å². The van der Waals surface area contributed by atoms with Gasteiger partial charge in [-0.3, -0.25) is 0 Å². The summed E-state index contributed by atoms with van der Waals surface area (Å²) >= 11 is 0. The fraction of sp³-hybridized carbons (Fsp3) is 0.200. The molecule has 2 heterocycles. The van der Waals surface area contributed by atoms with Gasteiger partial charge in [0.05, 0.1) is 6.33 Å². The number of hydrogen-bond acceptors (Lipinski definition) is 4. The Hall–Kier alpha value is -1.52. The number of anilines is 1. The lowest BCUT2D eigenvalue weighted by atomic mass is 10.4. The molecule has 10 heavy (non-hydrogen) atoms. The standard InChI is InChI=1S/C5H7N5/c6-4-3-5(9-1-7-3)10-2-8-4/h1,10H,2H2,(H2,6,8)(H,7,9). The van der Waals surface area contributed by atoms with Crippen molar-refractivity contribution in [1.29, 1.82) is 0 Å². The number of amidine groups is 1. The van der Waals surface area contributed by atoms with E-state index in [2.05, 4.69) is 20.3 Å². The first-order chi connectivity index (χ1) is 4.88. The highest BCUT2D eigenvalue weighted by Gasteiger charge is 2.11. The van der Waals surface area contributed by atoms with Crippen molar-refractivity contribution in [2.75, 3.05) is 12.0 Å². The van der Waals surface area contributed by atoms with E-state index in [1.165, 1.54) is 0 Å². The Labute approximate surface area is 57.4 Å². The molecule has 0 atom stereocenters. The summed E-state index contributed by atoms with van der Waals surface area (Å²) in [5, 5.41) is 2.99. The maximum atomic E-state index is 5.52. The minimum absolute atomic E-state index is 0.495. The van der Waals surface area contributed by atoms with E-state index >= 15 is 0 Å². The Morgan fingerprint density at radius 2 is 2.50 bits per heavy atom. The van der Waals surface area contributed by atoms with Crippen molar-refractivity contribution in [2.24, 2.45) is 10.7 Å². The van der Waals surface area contributed by atoms with E-state index in [1.54, 1.807) is 6.33 Å². The Kier molecular flexibility index (Phi) is 0.913. The molecule has 1 aromatic heterocycles. The van der Waals surface area contributed by atoms with Crippen LogP contribution in [0.15, 0.2) is 11.3 Å². The molecule has 5 heteroatoms. The molecule has 2 rings (SSSR count). The van der Waals surface area contributed by atoms with Crippen molar-refractivity contribution in [2.45, 2.75) is 0 Å². The summed E-state index contributed by atoms with van der Waals surface area (Å²) in [4.78, 5) is 10.8. The molecule has 1 aromatic rings. The van der Waals surface area contributed by atoms with Gasteiger partial charge in [-0.1, -0.05) is 0 Å². The first-order valence-corrected chi connectivity index (χ1v) is 2.95. The van der Waals surface area contributed by atoms with Gasteiger partial charge >= 0.3 is 0 Å². The van der Waals surface area contributed by atoms with Crippen LogP contribution >= 0.6 is 0 Å². The average molecular weight is 137 g/mol. The third kappa shape index (κ3) is 0.570. The predicted octanol–water partition coefficient (Wildman–Crippen LogP) is -0.502. The zero-order chi connectivity index (χ0) is 6.97. The highest BCUT2D eigenvalue weighted by molar-refractivity contribution is 6.00. The molecule has 0 unspecified atom stereocenters. The van der Waals surface area contributed by atoms with Gasteiger partial charge < -0.3 is 16.0 Å². The van der Waals surface area contributed by atoms with Gasteiger partial charge in [0, 0.05) is 0 Å². The zero-order valence-corrected chi connectivity index (χ0v) is 5.26. The summed E-state index contributed by atoms with van der Waals surface area (Å²) in [7, 11) is 0. The minimum atomic E-state index is 0.495. The number of H-pyrrole nitrogens is 1. The van der Waals surface area contributed by atoms with Crippen LogP contribution < -0.4 is 11.1 Å². The number of aromatic nitrogens is 2. The van der Waals surface area contributed by atoms with Crippen LogP contribution in [0.1, 0.15) is 5.69 Å². The second-order valence-electron chi connectivity index (χ2n) is 2.00. The van der Waals surface area contributed by atoms with Crippen LogP contribution in [0.3, 0.4) is 0 Å². The number of fused-ring (bicyclic) bond motifs is 1. The lowest BCUT2D eigenvalue weighted by Gasteiger charge is -2.08. The summed E-state index contributed by atoms with van der Waals surface area (Å²) in [6.07, 6.45) is 1.59. The number of imidazole rings is 1. The normalized spacial score (nSPS) is 15.4. The smallest absolute Gasteiger partial charge is 0.150 e. The third-order valence-electron chi connectivity index (χ3n) is 1.39. The molecule has 1 aliphatic heterocycles. The SMILES string of the molecule is NC1=NCNc2[nH]cnc21. The number of aromatic amines is 1. The molecule has 0 amide bonds. The van der Waals surface area contributed by atoms with Crippen LogP contribution in [0.4, 0.5) is 5.82 Å². The van der Waals surface area contributed by atoms with Crippen molar-refractivity contribution in [1.82, 2.24) is 9.97 Å². The van der Waals surface area contributed by atoms with Crippen molar-refractivity contribution < 1.29 is 0 Å². The van der Waals surface area contributed by atoms with Gasteiger partial charge in [0.2, 0.25) is 0 Å². The molecule has 0 bridgehead atoms. The highest BCUT2D eigenvalue weighted by Crippen LogP contribution is 2.11. The van der Waals surface area contributed by atoms with E-state index in [9.17, 15) is 0 Å². The molecule has 0 radical (unpaired) electrons. The van der Waals surface area contributed by atoms with E-state index in [0.29, 0.717) is 18.2 Å². The lowest BCUT2D eigenvalue weighted by molar-refractivity contribution is 1.08. The monoisotopic (exact) mass is 137 g/mol. The summed E-state index contributed by atoms with van der Waals surface area (Å²) < 4.78 is 0. The van der Waals surface area contributed by atoms with Gasteiger partial charge in [0.25, 0.3) is 0 Å². The Morgan fingerprint density at radius 3 is 3.30 bits per heavy atom. The van der Waals surface area contributed by atoms with E-state index in [0.717, 1.165) is 5.82 Å². The molecule has 5 nitrogen and oxygen atoms in total. The van der Waals surface area contributed by atoms with E-state index < -0.39 is 0 Å². The highest BCUT2D eigenvalue weighted by atomic mass is 15.2. The molecule has 0 fully saturated rings. The first kappa shape index (κ1) is 5.28. The third-order valence-corrected chi connectivity index (χ3v) is 1.39.